The summed E-state index contributed by atoms with van der Waals surface area (Å²) in [5.74, 6) is -2.36. The molecule has 0 aromatic heterocycles. The van der Waals surface area contributed by atoms with E-state index in [0.717, 1.165) is 52.4 Å². The fraction of sp³-hybridized carbons (Fsp3) is 0.417. The first-order chi connectivity index (χ1) is 16.4. The summed E-state index contributed by atoms with van der Waals surface area (Å²) in [5.41, 5.74) is 12.0. The van der Waals surface area contributed by atoms with E-state index in [2.05, 4.69) is 21.3 Å². The van der Waals surface area contributed by atoms with Crippen LogP contribution in [-0.2, 0) is 16.5 Å². The van der Waals surface area contributed by atoms with Crippen molar-refractivity contribution >= 4 is 23.3 Å². The Balaban J connectivity index is 0.000000499. The number of nitrogens with two attached hydrogens (primary N) is 2. The van der Waals surface area contributed by atoms with Gasteiger partial charge in [-0.3, -0.25) is 0 Å². The molecule has 1 heterocycles. The number of benzene rings is 2. The third-order valence-electron chi connectivity index (χ3n) is 4.66. The minimum atomic E-state index is -1.18. The summed E-state index contributed by atoms with van der Waals surface area (Å²) in [5, 5.41) is 34.0. The van der Waals surface area contributed by atoms with Gasteiger partial charge in [0.25, 0.3) is 0 Å². The van der Waals surface area contributed by atoms with Crippen LogP contribution in [0.1, 0.15) is 33.6 Å². The van der Waals surface area contributed by atoms with Crippen LogP contribution in [0.2, 0.25) is 0 Å². The topological polar surface area (TPSA) is 180 Å². The summed E-state index contributed by atoms with van der Waals surface area (Å²) in [7, 11) is 0. The molecule has 196 valence electrons. The minimum Gasteiger partial charge on any atom is -0.545 e. The molecule has 1 saturated heterocycles. The predicted octanol–water partition coefficient (Wildman–Crippen LogP) is -1.60. The molecule has 2 aromatic rings. The van der Waals surface area contributed by atoms with Gasteiger partial charge in [-0.2, -0.15) is 0 Å². The second-order valence-electron chi connectivity index (χ2n) is 7.53. The summed E-state index contributed by atoms with van der Waals surface area (Å²) in [6.07, 6.45) is 2.44. The zero-order chi connectivity index (χ0) is 25.0. The Morgan fingerprint density at radius 2 is 0.800 bits per heavy atom. The van der Waals surface area contributed by atoms with Gasteiger partial charge in [-0.1, -0.05) is 24.3 Å². The number of hydrogen-bond acceptors (Lipinski definition) is 10. The van der Waals surface area contributed by atoms with Crippen LogP contribution in [0.3, 0.4) is 0 Å². The molecular formula is C24H36N6NiO4. The molecule has 2 aromatic carbocycles. The summed E-state index contributed by atoms with van der Waals surface area (Å²) in [6, 6.07) is 11.7. The normalized spacial score (nSPS) is 14.9. The molecule has 1 fully saturated rings. The van der Waals surface area contributed by atoms with E-state index in [1.807, 2.05) is 0 Å². The van der Waals surface area contributed by atoms with E-state index in [0.29, 0.717) is 11.4 Å². The number of hydrogen-bond donors (Lipinski definition) is 6. The summed E-state index contributed by atoms with van der Waals surface area (Å²) in [6.45, 7) is 8.87. The van der Waals surface area contributed by atoms with Gasteiger partial charge < -0.3 is 52.5 Å². The number of nitrogens with one attached hydrogen (secondary N) is 4. The Morgan fingerprint density at radius 1 is 0.543 bits per heavy atom. The molecule has 35 heavy (non-hydrogen) atoms. The molecule has 0 unspecified atom stereocenters. The molecular weight excluding hydrogens is 495 g/mol. The number of aromatic carboxylic acids is 2. The van der Waals surface area contributed by atoms with Crippen LogP contribution in [0, 0.1) is 0 Å². The van der Waals surface area contributed by atoms with Crippen LogP contribution in [0.15, 0.2) is 48.5 Å². The van der Waals surface area contributed by atoms with E-state index in [9.17, 15) is 19.8 Å². The third kappa shape index (κ3) is 17.4. The minimum absolute atomic E-state index is 0. The van der Waals surface area contributed by atoms with Crippen LogP contribution in [-0.4, -0.2) is 64.3 Å². The van der Waals surface area contributed by atoms with Crippen molar-refractivity contribution in [2.75, 3.05) is 63.8 Å². The van der Waals surface area contributed by atoms with Crippen LogP contribution in [0.5, 0.6) is 0 Å². The number of nitrogen functional groups attached to an aromatic ring is 2. The molecule has 0 radical (unpaired) electrons. The SMILES string of the molecule is C1CNCCNCCCNCCNC1.Nc1ccc(C(=O)[O-])cc1.Nc1ccc(C(=O)[O-])cc1.[Ni+2]. The van der Waals surface area contributed by atoms with Crippen molar-refractivity contribution in [3.8, 4) is 0 Å². The fourth-order valence-electron chi connectivity index (χ4n) is 2.77. The third-order valence-corrected chi connectivity index (χ3v) is 4.66. The van der Waals surface area contributed by atoms with E-state index in [4.69, 9.17) is 11.5 Å². The molecule has 0 saturated carbocycles. The summed E-state index contributed by atoms with van der Waals surface area (Å²) < 4.78 is 0. The summed E-state index contributed by atoms with van der Waals surface area (Å²) in [4.78, 5) is 20.3. The maximum atomic E-state index is 10.2. The van der Waals surface area contributed by atoms with Crippen molar-refractivity contribution < 1.29 is 36.3 Å². The van der Waals surface area contributed by atoms with Gasteiger partial charge in [-0.15, -0.1) is 0 Å². The van der Waals surface area contributed by atoms with Gasteiger partial charge in [0.2, 0.25) is 0 Å². The molecule has 10 nitrogen and oxygen atoms in total. The van der Waals surface area contributed by atoms with E-state index < -0.39 is 11.9 Å². The van der Waals surface area contributed by atoms with Crippen LogP contribution in [0.4, 0.5) is 11.4 Å². The van der Waals surface area contributed by atoms with Crippen molar-refractivity contribution in [2.45, 2.75) is 12.8 Å². The van der Waals surface area contributed by atoms with Crippen molar-refractivity contribution in [3.05, 3.63) is 59.7 Å². The van der Waals surface area contributed by atoms with Gasteiger partial charge in [-0.25, -0.2) is 0 Å². The van der Waals surface area contributed by atoms with Crippen LogP contribution in [0.25, 0.3) is 0 Å². The van der Waals surface area contributed by atoms with Gasteiger partial charge in [0, 0.05) is 37.6 Å². The van der Waals surface area contributed by atoms with Crippen LogP contribution >= 0.6 is 0 Å². The molecule has 1 aliphatic heterocycles. The number of carbonyl (C=O) groups excluding carboxylic acids is 2. The molecule has 11 heteroatoms. The Bertz CT molecular complexity index is 713. The smallest absolute Gasteiger partial charge is 0.545 e. The number of carboxylic acids is 2. The molecule has 3 rings (SSSR count). The van der Waals surface area contributed by atoms with Crippen molar-refractivity contribution in [1.29, 1.82) is 0 Å². The van der Waals surface area contributed by atoms with Crippen molar-refractivity contribution in [3.63, 3.8) is 0 Å². The Morgan fingerprint density at radius 3 is 1.03 bits per heavy atom. The maximum absolute atomic E-state index is 10.2. The van der Waals surface area contributed by atoms with Crippen LogP contribution < -0.4 is 42.9 Å². The van der Waals surface area contributed by atoms with E-state index >= 15 is 0 Å². The van der Waals surface area contributed by atoms with Crippen molar-refractivity contribution in [1.82, 2.24) is 21.3 Å². The Hall–Kier alpha value is -2.69. The molecule has 1 aliphatic rings. The first-order valence-electron chi connectivity index (χ1n) is 11.4. The second kappa shape index (κ2) is 20.7. The van der Waals surface area contributed by atoms with Crippen molar-refractivity contribution in [2.24, 2.45) is 0 Å². The number of anilines is 2. The van der Waals surface area contributed by atoms with E-state index in [-0.39, 0.29) is 27.6 Å². The molecule has 0 bridgehead atoms. The van der Waals surface area contributed by atoms with Gasteiger partial charge >= 0.3 is 16.5 Å². The zero-order valence-electron chi connectivity index (χ0n) is 19.8. The number of carboxylic acid groups (broad SMARTS) is 2. The fourth-order valence-corrected chi connectivity index (χ4v) is 2.77. The number of carbonyl (C=O) groups is 2. The quantitative estimate of drug-likeness (QED) is 0.195. The first-order valence-corrected chi connectivity index (χ1v) is 11.4. The molecule has 0 atom stereocenters. The average molecular weight is 531 g/mol. The second-order valence-corrected chi connectivity index (χ2v) is 7.53. The monoisotopic (exact) mass is 530 g/mol. The van der Waals surface area contributed by atoms with E-state index in [1.54, 1.807) is 0 Å². The first kappa shape index (κ1) is 32.3. The molecule has 0 spiro atoms. The van der Waals surface area contributed by atoms with Gasteiger partial charge in [0.15, 0.2) is 0 Å². The van der Waals surface area contributed by atoms with Gasteiger partial charge in [0.1, 0.15) is 0 Å². The average Bonchev–Trinajstić information content (AvgIpc) is 2.82. The Labute approximate surface area is 217 Å². The predicted molar refractivity (Wildman–Crippen MR) is 131 cm³/mol. The van der Waals surface area contributed by atoms with E-state index in [1.165, 1.54) is 61.4 Å². The van der Waals surface area contributed by atoms with Gasteiger partial charge in [-0.05, 0) is 74.4 Å². The largest absolute Gasteiger partial charge is 2.00 e. The molecule has 0 aliphatic carbocycles. The molecule has 8 N–H and O–H groups in total. The zero-order valence-corrected chi connectivity index (χ0v) is 20.8. The summed E-state index contributed by atoms with van der Waals surface area (Å²) >= 11 is 0. The maximum Gasteiger partial charge on any atom is 2.00 e. The molecule has 0 amide bonds. The van der Waals surface area contributed by atoms with Gasteiger partial charge in [0.05, 0.1) is 11.9 Å². The number of rotatable bonds is 2. The Kier molecular flexibility index (Phi) is 19.1. The standard InChI is InChI=1S/C10H24N4.2C7H7NO2.Ni/c1-3-11-7-9-13-5-2-6-14-10-8-12-4-1;2*8-6-3-1-5(2-4-6)7(9)10;/h11-14H,1-10H2;2*1-4H,8H2,(H,9,10);/q;;;+2/p-2.